The molecule has 3 N–H and O–H groups in total. The number of carbonyl (C=O) groups is 1. The second-order valence-corrected chi connectivity index (χ2v) is 3.50. The summed E-state index contributed by atoms with van der Waals surface area (Å²) in [4.78, 5) is 14.2. The van der Waals surface area contributed by atoms with Gasteiger partial charge in [-0.05, 0) is 22.0 Å². The van der Waals surface area contributed by atoms with E-state index in [0.717, 1.165) is 0 Å². The van der Waals surface area contributed by atoms with Crippen LogP contribution >= 0.6 is 15.9 Å². The van der Waals surface area contributed by atoms with Crippen molar-refractivity contribution < 1.29 is 19.9 Å². The van der Waals surface area contributed by atoms with Crippen LogP contribution in [0.15, 0.2) is 16.7 Å². The van der Waals surface area contributed by atoms with Crippen molar-refractivity contribution in [1.29, 1.82) is 0 Å². The second-order valence-electron chi connectivity index (χ2n) is 2.64. The second kappa shape index (κ2) is 4.54. The Labute approximate surface area is 88.7 Å². The first kappa shape index (κ1) is 11.2. The average molecular weight is 260 g/mol. The number of halogens is 1. The highest BCUT2D eigenvalue weighted by Gasteiger charge is 2.14. The third kappa shape index (κ3) is 2.79. The van der Waals surface area contributed by atoms with E-state index in [1.807, 2.05) is 0 Å². The van der Waals surface area contributed by atoms with Gasteiger partial charge in [-0.3, -0.25) is 9.78 Å². The monoisotopic (exact) mass is 259 g/mol. The normalized spacial score (nSPS) is 9.93. The number of carboxylic acids is 1. The SMILES string of the molecule is O=C(O)Cc1ncc(B(O)O)cc1Br. The molecule has 0 bridgehead atoms. The van der Waals surface area contributed by atoms with Crippen molar-refractivity contribution in [3.05, 3.63) is 22.4 Å². The van der Waals surface area contributed by atoms with E-state index in [0.29, 0.717) is 10.2 Å². The molecule has 74 valence electrons. The molecule has 0 aliphatic carbocycles. The van der Waals surface area contributed by atoms with Crippen LogP contribution < -0.4 is 5.46 Å². The van der Waals surface area contributed by atoms with Gasteiger partial charge in [0.25, 0.3) is 0 Å². The molecule has 14 heavy (non-hydrogen) atoms. The number of carboxylic acid groups (broad SMARTS) is 1. The highest BCUT2D eigenvalue weighted by atomic mass is 79.9. The van der Waals surface area contributed by atoms with Gasteiger partial charge in [0, 0.05) is 16.1 Å². The van der Waals surface area contributed by atoms with Gasteiger partial charge in [0.1, 0.15) is 0 Å². The molecule has 0 aromatic carbocycles. The number of aromatic nitrogens is 1. The molecule has 1 aromatic rings. The average Bonchev–Trinajstić information content (AvgIpc) is 2.07. The number of hydrogen-bond donors (Lipinski definition) is 3. The molecule has 7 heteroatoms. The van der Waals surface area contributed by atoms with Crippen LogP contribution in [0.4, 0.5) is 0 Å². The first-order valence-corrected chi connectivity index (χ1v) is 4.52. The fourth-order valence-corrected chi connectivity index (χ4v) is 1.40. The van der Waals surface area contributed by atoms with Crippen LogP contribution in [0.2, 0.25) is 0 Å². The molecule has 0 atom stereocenters. The van der Waals surface area contributed by atoms with Gasteiger partial charge in [0.15, 0.2) is 0 Å². The zero-order valence-electron chi connectivity index (χ0n) is 7.01. The van der Waals surface area contributed by atoms with Crippen molar-refractivity contribution >= 4 is 34.5 Å². The van der Waals surface area contributed by atoms with Crippen molar-refractivity contribution in [2.24, 2.45) is 0 Å². The molecule has 0 radical (unpaired) electrons. The maximum absolute atomic E-state index is 10.4. The summed E-state index contributed by atoms with van der Waals surface area (Å²) >= 11 is 3.10. The van der Waals surface area contributed by atoms with Crippen LogP contribution in [-0.4, -0.2) is 33.2 Å². The van der Waals surface area contributed by atoms with Gasteiger partial charge in [-0.25, -0.2) is 0 Å². The molecule has 0 aliphatic heterocycles. The lowest BCUT2D eigenvalue weighted by Crippen LogP contribution is -2.30. The minimum absolute atomic E-state index is 0.206. The Morgan fingerprint density at radius 3 is 2.64 bits per heavy atom. The lowest BCUT2D eigenvalue weighted by Gasteiger charge is -2.03. The summed E-state index contributed by atoms with van der Waals surface area (Å²) in [6.45, 7) is 0. The van der Waals surface area contributed by atoms with E-state index in [4.69, 9.17) is 15.2 Å². The largest absolute Gasteiger partial charge is 0.490 e. The van der Waals surface area contributed by atoms with Crippen LogP contribution in [0.25, 0.3) is 0 Å². The number of nitrogens with zero attached hydrogens (tertiary/aromatic N) is 1. The Bertz CT molecular complexity index is 358. The van der Waals surface area contributed by atoms with Crippen LogP contribution in [0.1, 0.15) is 5.69 Å². The molecule has 1 heterocycles. The van der Waals surface area contributed by atoms with Crippen LogP contribution in [-0.2, 0) is 11.2 Å². The summed E-state index contributed by atoms with van der Waals surface area (Å²) in [5, 5.41) is 26.1. The Hall–Kier alpha value is -0.915. The smallest absolute Gasteiger partial charge is 0.481 e. The number of hydrogen-bond acceptors (Lipinski definition) is 4. The molecular weight excluding hydrogens is 253 g/mol. The highest BCUT2D eigenvalue weighted by Crippen LogP contribution is 2.12. The molecule has 0 aliphatic rings. The van der Waals surface area contributed by atoms with Crippen molar-refractivity contribution in [2.75, 3.05) is 0 Å². The van der Waals surface area contributed by atoms with E-state index >= 15 is 0 Å². The van der Waals surface area contributed by atoms with E-state index in [1.165, 1.54) is 12.3 Å². The molecule has 5 nitrogen and oxygen atoms in total. The third-order valence-electron chi connectivity index (χ3n) is 1.56. The highest BCUT2D eigenvalue weighted by molar-refractivity contribution is 9.10. The van der Waals surface area contributed by atoms with E-state index < -0.39 is 13.1 Å². The Morgan fingerprint density at radius 1 is 1.57 bits per heavy atom. The van der Waals surface area contributed by atoms with Gasteiger partial charge >= 0.3 is 13.1 Å². The van der Waals surface area contributed by atoms with Gasteiger partial charge in [-0.1, -0.05) is 0 Å². The lowest BCUT2D eigenvalue weighted by molar-refractivity contribution is -0.136. The Kier molecular flexibility index (Phi) is 3.62. The topological polar surface area (TPSA) is 90.7 Å². The summed E-state index contributed by atoms with van der Waals surface area (Å²) in [6.07, 6.45) is 1.02. The lowest BCUT2D eigenvalue weighted by atomic mass is 9.81. The predicted molar refractivity (Wildman–Crippen MR) is 53.1 cm³/mol. The number of rotatable bonds is 3. The number of pyridine rings is 1. The van der Waals surface area contributed by atoms with E-state index in [2.05, 4.69) is 20.9 Å². The minimum Gasteiger partial charge on any atom is -0.481 e. The van der Waals surface area contributed by atoms with E-state index in [1.54, 1.807) is 0 Å². The zero-order chi connectivity index (χ0) is 10.7. The van der Waals surface area contributed by atoms with Gasteiger partial charge < -0.3 is 15.2 Å². The maximum Gasteiger partial charge on any atom is 0.490 e. The molecule has 1 aromatic heterocycles. The van der Waals surface area contributed by atoms with Crippen molar-refractivity contribution in [3.63, 3.8) is 0 Å². The standard InChI is InChI=1S/C7H7BBrNO4/c9-5-1-4(8(13)14)3-10-6(5)2-7(11)12/h1,3,13-14H,2H2,(H,11,12). The van der Waals surface area contributed by atoms with E-state index in [9.17, 15) is 4.79 Å². The van der Waals surface area contributed by atoms with Gasteiger partial charge in [0.2, 0.25) is 0 Å². The third-order valence-corrected chi connectivity index (χ3v) is 2.24. The quantitative estimate of drug-likeness (QED) is 0.616. The Morgan fingerprint density at radius 2 is 2.21 bits per heavy atom. The molecule has 0 unspecified atom stereocenters. The molecular formula is C7H7BBrNO4. The summed E-state index contributed by atoms with van der Waals surface area (Å²) in [5.74, 6) is -0.990. The Balaban J connectivity index is 2.95. The first-order chi connectivity index (χ1) is 6.50. The predicted octanol–water partition coefficient (Wildman–Crippen LogP) is -0.849. The molecule has 1 rings (SSSR count). The summed E-state index contributed by atoms with van der Waals surface area (Å²) in [7, 11) is -1.60. The van der Waals surface area contributed by atoms with Crippen molar-refractivity contribution in [2.45, 2.75) is 6.42 Å². The zero-order valence-corrected chi connectivity index (χ0v) is 8.60. The van der Waals surface area contributed by atoms with E-state index in [-0.39, 0.29) is 11.9 Å². The van der Waals surface area contributed by atoms with Crippen LogP contribution in [0.5, 0.6) is 0 Å². The van der Waals surface area contributed by atoms with Crippen LogP contribution in [0.3, 0.4) is 0 Å². The molecule has 0 amide bonds. The van der Waals surface area contributed by atoms with Crippen LogP contribution in [0, 0.1) is 0 Å². The molecule has 0 spiro atoms. The fraction of sp³-hybridized carbons (Fsp3) is 0.143. The summed E-state index contributed by atoms with van der Waals surface area (Å²) < 4.78 is 0.450. The summed E-state index contributed by atoms with van der Waals surface area (Å²) in [5.41, 5.74) is 0.563. The van der Waals surface area contributed by atoms with Crippen molar-refractivity contribution in [3.8, 4) is 0 Å². The molecule has 0 saturated heterocycles. The molecule has 0 saturated carbocycles. The van der Waals surface area contributed by atoms with Gasteiger partial charge in [-0.15, -0.1) is 0 Å². The van der Waals surface area contributed by atoms with Gasteiger partial charge in [-0.2, -0.15) is 0 Å². The fourth-order valence-electron chi connectivity index (χ4n) is 0.896. The van der Waals surface area contributed by atoms with Crippen molar-refractivity contribution in [1.82, 2.24) is 4.98 Å². The molecule has 0 fully saturated rings. The minimum atomic E-state index is -1.60. The summed E-state index contributed by atoms with van der Waals surface area (Å²) in [6, 6.07) is 1.43. The number of aliphatic carboxylic acids is 1. The maximum atomic E-state index is 10.4. The van der Waals surface area contributed by atoms with Gasteiger partial charge in [0.05, 0.1) is 12.1 Å². The first-order valence-electron chi connectivity index (χ1n) is 3.73.